The minimum Gasteiger partial charge on any atom is -0.347 e. The Bertz CT molecular complexity index is 938. The molecule has 0 unspecified atom stereocenters. The Morgan fingerprint density at radius 3 is 2.38 bits per heavy atom. The van der Waals surface area contributed by atoms with Gasteiger partial charge in [0.25, 0.3) is 0 Å². The number of benzene rings is 1. The summed E-state index contributed by atoms with van der Waals surface area (Å²) < 4.78 is 39.6. The number of fused-ring (bicyclic) bond motifs is 1. The first-order valence-electron chi connectivity index (χ1n) is 10.5. The summed E-state index contributed by atoms with van der Waals surface area (Å²) in [4.78, 5) is 14.8. The first-order valence-corrected chi connectivity index (χ1v) is 11.9. The van der Waals surface area contributed by atoms with Gasteiger partial charge in [0.2, 0.25) is 15.9 Å². The molecule has 1 saturated carbocycles. The van der Waals surface area contributed by atoms with Crippen molar-refractivity contribution in [2.45, 2.75) is 55.6 Å². The van der Waals surface area contributed by atoms with Gasteiger partial charge in [-0.1, -0.05) is 13.8 Å². The number of piperidine rings is 1. The fourth-order valence-electron chi connectivity index (χ4n) is 4.77. The number of hydrogen-bond acceptors (Lipinski definition) is 5. The highest BCUT2D eigenvalue weighted by Gasteiger charge is 2.45. The second kappa shape index (κ2) is 6.51. The van der Waals surface area contributed by atoms with E-state index < -0.39 is 15.8 Å². The van der Waals surface area contributed by atoms with E-state index in [2.05, 4.69) is 13.8 Å². The molecule has 4 aliphatic rings. The highest BCUT2D eigenvalue weighted by atomic mass is 32.2. The van der Waals surface area contributed by atoms with Crippen LogP contribution in [0.2, 0.25) is 0 Å². The SMILES string of the molecule is CC1(C)CN(C(=O)C2CC2)c2ccc(S(=O)(=O)N3CCC4(CC3)OCCO4)cc21. The van der Waals surface area contributed by atoms with Gasteiger partial charge < -0.3 is 14.4 Å². The molecule has 1 aliphatic carbocycles. The number of sulfonamides is 1. The number of amides is 1. The lowest BCUT2D eigenvalue weighted by atomic mass is 9.87. The lowest BCUT2D eigenvalue weighted by Crippen LogP contribution is -2.47. The van der Waals surface area contributed by atoms with E-state index in [9.17, 15) is 13.2 Å². The van der Waals surface area contributed by atoms with Crippen LogP contribution in [0.5, 0.6) is 0 Å². The van der Waals surface area contributed by atoms with E-state index in [1.807, 2.05) is 11.0 Å². The van der Waals surface area contributed by atoms with Gasteiger partial charge in [-0.3, -0.25) is 4.79 Å². The zero-order valence-corrected chi connectivity index (χ0v) is 17.8. The van der Waals surface area contributed by atoms with Crippen LogP contribution in [0.1, 0.15) is 45.1 Å². The molecule has 8 heteroatoms. The van der Waals surface area contributed by atoms with Crippen molar-refractivity contribution in [3.05, 3.63) is 23.8 Å². The van der Waals surface area contributed by atoms with Crippen molar-refractivity contribution in [3.63, 3.8) is 0 Å². The Kier molecular flexibility index (Phi) is 4.37. The van der Waals surface area contributed by atoms with Gasteiger partial charge in [0.05, 0.1) is 18.1 Å². The van der Waals surface area contributed by atoms with Gasteiger partial charge in [-0.15, -0.1) is 0 Å². The van der Waals surface area contributed by atoms with Gasteiger partial charge >= 0.3 is 0 Å². The Balaban J connectivity index is 1.41. The first-order chi connectivity index (χ1) is 13.7. The number of anilines is 1. The van der Waals surface area contributed by atoms with E-state index in [4.69, 9.17) is 9.47 Å². The molecule has 3 heterocycles. The third-order valence-electron chi connectivity index (χ3n) is 6.67. The molecular formula is C21H28N2O5S. The predicted octanol–water partition coefficient (Wildman–Crippen LogP) is 2.25. The summed E-state index contributed by atoms with van der Waals surface area (Å²) in [6.07, 6.45) is 3.02. The summed E-state index contributed by atoms with van der Waals surface area (Å²) in [5.41, 5.74) is 1.52. The maximum absolute atomic E-state index is 13.3. The number of nitrogens with zero attached hydrogens (tertiary/aromatic N) is 2. The van der Waals surface area contributed by atoms with E-state index in [0.717, 1.165) is 24.1 Å². The summed E-state index contributed by atoms with van der Waals surface area (Å²) in [6, 6.07) is 5.24. The highest BCUT2D eigenvalue weighted by Crippen LogP contribution is 2.45. The van der Waals surface area contributed by atoms with Crippen LogP contribution >= 0.6 is 0 Å². The van der Waals surface area contributed by atoms with E-state index in [1.165, 1.54) is 4.31 Å². The van der Waals surface area contributed by atoms with Gasteiger partial charge in [0.1, 0.15) is 0 Å². The maximum atomic E-state index is 13.3. The minimum atomic E-state index is -3.60. The molecule has 5 rings (SSSR count). The van der Waals surface area contributed by atoms with Crippen LogP contribution in [-0.2, 0) is 29.7 Å². The number of carbonyl (C=O) groups is 1. The zero-order chi connectivity index (χ0) is 20.4. The van der Waals surface area contributed by atoms with Crippen LogP contribution in [-0.4, -0.2) is 57.3 Å². The standard InChI is InChI=1S/C21H28N2O5S/c1-20(2)14-23(19(24)15-3-4-15)18-6-5-16(13-17(18)20)29(25,26)22-9-7-21(8-10-22)27-11-12-28-21/h5-6,13,15H,3-4,7-12,14H2,1-2H3. The van der Waals surface area contributed by atoms with Crippen molar-refractivity contribution in [2.75, 3.05) is 37.7 Å². The van der Waals surface area contributed by atoms with Gasteiger partial charge in [0, 0.05) is 49.5 Å². The molecule has 0 aromatic heterocycles. The van der Waals surface area contributed by atoms with Crippen molar-refractivity contribution in [1.82, 2.24) is 4.31 Å². The van der Waals surface area contributed by atoms with Crippen LogP contribution in [0.4, 0.5) is 5.69 Å². The third-order valence-corrected chi connectivity index (χ3v) is 8.56. The van der Waals surface area contributed by atoms with Crippen molar-refractivity contribution >= 4 is 21.6 Å². The number of hydrogen-bond donors (Lipinski definition) is 0. The average molecular weight is 421 g/mol. The zero-order valence-electron chi connectivity index (χ0n) is 17.0. The van der Waals surface area contributed by atoms with E-state index in [0.29, 0.717) is 50.6 Å². The normalized spacial score (nSPS) is 26.1. The molecule has 1 amide bonds. The lowest BCUT2D eigenvalue weighted by molar-refractivity contribution is -0.179. The number of carbonyl (C=O) groups excluding carboxylic acids is 1. The summed E-state index contributed by atoms with van der Waals surface area (Å²) >= 11 is 0. The molecule has 0 N–H and O–H groups in total. The van der Waals surface area contributed by atoms with E-state index in [-0.39, 0.29) is 17.2 Å². The van der Waals surface area contributed by atoms with Gasteiger partial charge in [0.15, 0.2) is 5.79 Å². The summed E-state index contributed by atoms with van der Waals surface area (Å²) in [5, 5.41) is 0. The fourth-order valence-corrected chi connectivity index (χ4v) is 6.24. The molecular weight excluding hydrogens is 392 g/mol. The van der Waals surface area contributed by atoms with Crippen molar-refractivity contribution in [1.29, 1.82) is 0 Å². The minimum absolute atomic E-state index is 0.140. The molecule has 2 saturated heterocycles. The monoisotopic (exact) mass is 420 g/mol. The van der Waals surface area contributed by atoms with Gasteiger partial charge in [-0.2, -0.15) is 4.31 Å². The second-order valence-electron chi connectivity index (χ2n) is 9.27. The van der Waals surface area contributed by atoms with Crippen LogP contribution in [0, 0.1) is 5.92 Å². The molecule has 29 heavy (non-hydrogen) atoms. The van der Waals surface area contributed by atoms with Crippen molar-refractivity contribution < 1.29 is 22.7 Å². The second-order valence-corrected chi connectivity index (χ2v) is 11.2. The summed E-state index contributed by atoms with van der Waals surface area (Å²) in [5.74, 6) is -0.290. The summed E-state index contributed by atoms with van der Waals surface area (Å²) in [6.45, 7) is 6.65. The summed E-state index contributed by atoms with van der Waals surface area (Å²) in [7, 11) is -3.60. The average Bonchev–Trinajstić information content (AvgIpc) is 3.40. The molecule has 7 nitrogen and oxygen atoms in total. The molecule has 3 aliphatic heterocycles. The molecule has 0 bridgehead atoms. The van der Waals surface area contributed by atoms with Crippen LogP contribution in [0.15, 0.2) is 23.1 Å². The molecule has 0 radical (unpaired) electrons. The Labute approximate surface area is 172 Å². The predicted molar refractivity (Wildman–Crippen MR) is 107 cm³/mol. The highest BCUT2D eigenvalue weighted by molar-refractivity contribution is 7.89. The molecule has 1 aromatic carbocycles. The van der Waals surface area contributed by atoms with E-state index in [1.54, 1.807) is 12.1 Å². The molecule has 158 valence electrons. The Hall–Kier alpha value is -1.48. The van der Waals surface area contributed by atoms with Gasteiger partial charge in [-0.05, 0) is 36.6 Å². The Morgan fingerprint density at radius 1 is 1.10 bits per heavy atom. The van der Waals surface area contributed by atoms with Gasteiger partial charge in [-0.25, -0.2) is 8.42 Å². The fraction of sp³-hybridized carbons (Fsp3) is 0.667. The smallest absolute Gasteiger partial charge is 0.243 e. The molecule has 1 aromatic rings. The first kappa shape index (κ1) is 19.5. The maximum Gasteiger partial charge on any atom is 0.243 e. The third kappa shape index (κ3) is 3.21. The Morgan fingerprint density at radius 2 is 1.76 bits per heavy atom. The molecule has 3 fully saturated rings. The van der Waals surface area contributed by atoms with Crippen LogP contribution < -0.4 is 4.90 Å². The topological polar surface area (TPSA) is 76.2 Å². The molecule has 1 spiro atoms. The van der Waals surface area contributed by atoms with Crippen LogP contribution in [0.25, 0.3) is 0 Å². The van der Waals surface area contributed by atoms with Crippen molar-refractivity contribution in [2.24, 2.45) is 5.92 Å². The number of ether oxygens (including phenoxy) is 2. The van der Waals surface area contributed by atoms with E-state index >= 15 is 0 Å². The lowest BCUT2D eigenvalue weighted by Gasteiger charge is -2.36. The number of rotatable bonds is 3. The quantitative estimate of drug-likeness (QED) is 0.750. The largest absolute Gasteiger partial charge is 0.347 e. The van der Waals surface area contributed by atoms with Crippen molar-refractivity contribution in [3.8, 4) is 0 Å². The molecule has 0 atom stereocenters. The van der Waals surface area contributed by atoms with Crippen LogP contribution in [0.3, 0.4) is 0 Å².